The Bertz CT molecular complexity index is 689. The molecule has 7 nitrogen and oxygen atoms in total. The highest BCUT2D eigenvalue weighted by molar-refractivity contribution is 5.69. The third-order valence-corrected chi connectivity index (χ3v) is 4.11. The van der Waals surface area contributed by atoms with Crippen molar-refractivity contribution >= 4 is 17.3 Å². The van der Waals surface area contributed by atoms with E-state index in [-0.39, 0.29) is 6.54 Å². The van der Waals surface area contributed by atoms with Gasteiger partial charge in [0.15, 0.2) is 11.5 Å². The van der Waals surface area contributed by atoms with Gasteiger partial charge in [-0.1, -0.05) is 0 Å². The second-order valence-corrected chi connectivity index (χ2v) is 6.43. The summed E-state index contributed by atoms with van der Waals surface area (Å²) in [6, 6.07) is 4.36. The van der Waals surface area contributed by atoms with Gasteiger partial charge in [0, 0.05) is 12.0 Å². The number of likely N-dealkylation sites (tertiary alicyclic amines) is 1. The molecule has 1 aliphatic rings. The fourth-order valence-electron chi connectivity index (χ4n) is 3.03. The van der Waals surface area contributed by atoms with Crippen molar-refractivity contribution in [3.63, 3.8) is 0 Å². The minimum Gasteiger partial charge on any atom is -0.480 e. The van der Waals surface area contributed by atoms with Crippen LogP contribution in [0.1, 0.15) is 38.4 Å². The predicted molar refractivity (Wildman–Crippen MR) is 87.8 cm³/mol. The standard InChI is InChI=1S/C16H23N5O2/c1-11(2)17-13-3-4-14-18-16(19-21(14)9-13)12-5-7-20(8-6-12)10-15(22)23/h3-4,9,11-12,17H,5-8,10H2,1-2H3,(H,22,23). The molecule has 3 rings (SSSR count). The Balaban J connectivity index is 1.70. The van der Waals surface area contributed by atoms with Crippen molar-refractivity contribution in [2.45, 2.75) is 38.6 Å². The van der Waals surface area contributed by atoms with Crippen LogP contribution in [0.4, 0.5) is 5.69 Å². The van der Waals surface area contributed by atoms with Crippen LogP contribution in [0.3, 0.4) is 0 Å². The highest BCUT2D eigenvalue weighted by Crippen LogP contribution is 2.26. The number of aromatic nitrogens is 3. The van der Waals surface area contributed by atoms with Gasteiger partial charge < -0.3 is 10.4 Å². The van der Waals surface area contributed by atoms with E-state index in [1.54, 1.807) is 0 Å². The lowest BCUT2D eigenvalue weighted by Crippen LogP contribution is -2.36. The molecule has 0 bridgehead atoms. The molecule has 3 heterocycles. The van der Waals surface area contributed by atoms with E-state index >= 15 is 0 Å². The molecule has 1 saturated heterocycles. The second kappa shape index (κ2) is 6.54. The number of piperidine rings is 1. The van der Waals surface area contributed by atoms with Crippen LogP contribution < -0.4 is 5.32 Å². The fraction of sp³-hybridized carbons (Fsp3) is 0.562. The lowest BCUT2D eigenvalue weighted by Gasteiger charge is -2.29. The largest absolute Gasteiger partial charge is 0.480 e. The van der Waals surface area contributed by atoms with Crippen molar-refractivity contribution in [2.75, 3.05) is 25.0 Å². The third kappa shape index (κ3) is 3.79. The maximum absolute atomic E-state index is 10.8. The summed E-state index contributed by atoms with van der Waals surface area (Å²) in [6.07, 6.45) is 3.77. The Kier molecular flexibility index (Phi) is 4.47. The molecule has 0 spiro atoms. The molecule has 0 aromatic carbocycles. The number of carboxylic acids is 1. The Morgan fingerprint density at radius 3 is 2.78 bits per heavy atom. The average Bonchev–Trinajstić information content (AvgIpc) is 2.90. The fourth-order valence-corrected chi connectivity index (χ4v) is 3.03. The van der Waals surface area contributed by atoms with E-state index in [4.69, 9.17) is 5.11 Å². The first-order chi connectivity index (χ1) is 11.0. The smallest absolute Gasteiger partial charge is 0.317 e. The normalized spacial score (nSPS) is 17.0. The monoisotopic (exact) mass is 317 g/mol. The SMILES string of the molecule is CC(C)Nc1ccc2nc(C3CCN(CC(=O)O)CC3)nn2c1. The van der Waals surface area contributed by atoms with Crippen LogP contribution in [0.2, 0.25) is 0 Å². The van der Waals surface area contributed by atoms with Gasteiger partial charge in [-0.25, -0.2) is 9.50 Å². The number of nitrogens with zero attached hydrogens (tertiary/aromatic N) is 4. The van der Waals surface area contributed by atoms with Gasteiger partial charge in [0.25, 0.3) is 0 Å². The number of fused-ring (bicyclic) bond motifs is 1. The molecule has 0 radical (unpaired) electrons. The van der Waals surface area contributed by atoms with E-state index in [9.17, 15) is 4.79 Å². The summed E-state index contributed by atoms with van der Waals surface area (Å²) in [7, 11) is 0. The molecule has 7 heteroatoms. The minimum absolute atomic E-state index is 0.121. The number of anilines is 1. The van der Waals surface area contributed by atoms with Gasteiger partial charge >= 0.3 is 5.97 Å². The highest BCUT2D eigenvalue weighted by Gasteiger charge is 2.24. The molecular weight excluding hydrogens is 294 g/mol. The Hall–Kier alpha value is -2.15. The lowest BCUT2D eigenvalue weighted by atomic mass is 9.96. The summed E-state index contributed by atoms with van der Waals surface area (Å²) in [5, 5.41) is 16.8. The molecule has 0 unspecified atom stereocenters. The molecule has 0 atom stereocenters. The quantitative estimate of drug-likeness (QED) is 0.875. The molecule has 23 heavy (non-hydrogen) atoms. The van der Waals surface area contributed by atoms with Gasteiger partial charge in [0.1, 0.15) is 0 Å². The van der Waals surface area contributed by atoms with Gasteiger partial charge in [-0.2, -0.15) is 5.10 Å². The van der Waals surface area contributed by atoms with Crippen molar-refractivity contribution in [1.82, 2.24) is 19.5 Å². The van der Waals surface area contributed by atoms with Crippen LogP contribution in [-0.2, 0) is 4.79 Å². The average molecular weight is 317 g/mol. The number of carboxylic acid groups (broad SMARTS) is 1. The maximum atomic E-state index is 10.8. The molecule has 0 saturated carbocycles. The summed E-state index contributed by atoms with van der Waals surface area (Å²) < 4.78 is 1.82. The number of pyridine rings is 1. The number of nitrogens with one attached hydrogen (secondary N) is 1. The van der Waals surface area contributed by atoms with Crippen molar-refractivity contribution in [3.05, 3.63) is 24.2 Å². The summed E-state index contributed by atoms with van der Waals surface area (Å²) in [4.78, 5) is 17.4. The van der Waals surface area contributed by atoms with Crippen molar-refractivity contribution in [2.24, 2.45) is 0 Å². The van der Waals surface area contributed by atoms with Gasteiger partial charge in [-0.05, 0) is 51.9 Å². The summed E-state index contributed by atoms with van der Waals surface area (Å²) in [6.45, 7) is 5.89. The van der Waals surface area contributed by atoms with Gasteiger partial charge in [-0.15, -0.1) is 0 Å². The lowest BCUT2D eigenvalue weighted by molar-refractivity contribution is -0.138. The van der Waals surface area contributed by atoms with Crippen LogP contribution >= 0.6 is 0 Å². The van der Waals surface area contributed by atoms with Crippen LogP contribution in [-0.4, -0.2) is 56.2 Å². The zero-order valence-electron chi connectivity index (χ0n) is 13.6. The van der Waals surface area contributed by atoms with Gasteiger partial charge in [0.2, 0.25) is 0 Å². The first-order valence-corrected chi connectivity index (χ1v) is 8.08. The molecule has 2 aromatic heterocycles. The first-order valence-electron chi connectivity index (χ1n) is 8.08. The van der Waals surface area contributed by atoms with Crippen molar-refractivity contribution in [3.8, 4) is 0 Å². The predicted octanol–water partition coefficient (Wildman–Crippen LogP) is 1.81. The molecule has 1 aliphatic heterocycles. The Labute approximate surface area is 135 Å². The molecular formula is C16H23N5O2. The first kappa shape index (κ1) is 15.7. The van der Waals surface area contributed by atoms with Crippen LogP contribution in [0.5, 0.6) is 0 Å². The van der Waals surface area contributed by atoms with E-state index in [2.05, 4.69) is 29.2 Å². The van der Waals surface area contributed by atoms with E-state index in [1.165, 1.54) is 0 Å². The zero-order valence-corrected chi connectivity index (χ0v) is 13.6. The summed E-state index contributed by atoms with van der Waals surface area (Å²) in [5.41, 5.74) is 1.88. The third-order valence-electron chi connectivity index (χ3n) is 4.11. The number of hydrogen-bond acceptors (Lipinski definition) is 5. The molecule has 0 aliphatic carbocycles. The van der Waals surface area contributed by atoms with Gasteiger partial charge in [0.05, 0.1) is 18.4 Å². The van der Waals surface area contributed by atoms with Crippen LogP contribution in [0.25, 0.3) is 5.65 Å². The van der Waals surface area contributed by atoms with Crippen molar-refractivity contribution in [1.29, 1.82) is 0 Å². The summed E-state index contributed by atoms with van der Waals surface area (Å²) >= 11 is 0. The molecule has 2 N–H and O–H groups in total. The van der Waals surface area contributed by atoms with Crippen molar-refractivity contribution < 1.29 is 9.90 Å². The zero-order chi connectivity index (χ0) is 16.4. The highest BCUT2D eigenvalue weighted by atomic mass is 16.4. The van der Waals surface area contributed by atoms with E-state index in [0.717, 1.165) is 43.1 Å². The Morgan fingerprint density at radius 2 is 2.13 bits per heavy atom. The topological polar surface area (TPSA) is 82.8 Å². The number of hydrogen-bond donors (Lipinski definition) is 2. The van der Waals surface area contributed by atoms with E-state index < -0.39 is 5.97 Å². The van der Waals surface area contributed by atoms with Crippen LogP contribution in [0, 0.1) is 0 Å². The second-order valence-electron chi connectivity index (χ2n) is 6.43. The van der Waals surface area contributed by atoms with Gasteiger partial charge in [-0.3, -0.25) is 9.69 Å². The molecule has 1 fully saturated rings. The number of carbonyl (C=O) groups is 1. The summed E-state index contributed by atoms with van der Waals surface area (Å²) in [5.74, 6) is 0.405. The number of aliphatic carboxylic acids is 1. The van der Waals surface area contributed by atoms with Crippen LogP contribution in [0.15, 0.2) is 18.3 Å². The van der Waals surface area contributed by atoms with E-state index in [1.807, 2.05) is 27.7 Å². The Morgan fingerprint density at radius 1 is 1.39 bits per heavy atom. The van der Waals surface area contributed by atoms with E-state index in [0.29, 0.717) is 12.0 Å². The molecule has 2 aromatic rings. The maximum Gasteiger partial charge on any atom is 0.317 e. The number of rotatable bonds is 5. The minimum atomic E-state index is -0.764. The molecule has 124 valence electrons. The molecule has 0 amide bonds.